The zero-order chi connectivity index (χ0) is 21.2. The first kappa shape index (κ1) is 21.8. The maximum absolute atomic E-state index is 12.3. The van der Waals surface area contributed by atoms with E-state index in [4.69, 9.17) is 13.9 Å². The maximum Gasteiger partial charge on any atom is 0.327 e. The molecule has 0 bridgehead atoms. The summed E-state index contributed by atoms with van der Waals surface area (Å²) in [7, 11) is 0. The number of amides is 3. The first-order chi connectivity index (χ1) is 13.9. The highest BCUT2D eigenvalue weighted by Crippen LogP contribution is 2.29. The Balaban J connectivity index is 1.90. The molecule has 9 nitrogen and oxygen atoms in total. The van der Waals surface area contributed by atoms with Gasteiger partial charge in [-0.1, -0.05) is 13.8 Å². The number of furan rings is 1. The summed E-state index contributed by atoms with van der Waals surface area (Å²) >= 11 is 0. The fraction of sp³-hybridized carbons (Fsp3) is 0.350. The highest BCUT2D eigenvalue weighted by atomic mass is 16.5. The van der Waals surface area contributed by atoms with Crippen molar-refractivity contribution in [3.8, 4) is 11.5 Å². The van der Waals surface area contributed by atoms with Gasteiger partial charge in [0.15, 0.2) is 11.5 Å². The van der Waals surface area contributed by atoms with Gasteiger partial charge in [0, 0.05) is 5.56 Å². The molecule has 1 heterocycles. The van der Waals surface area contributed by atoms with Crippen molar-refractivity contribution in [2.24, 2.45) is 5.92 Å². The van der Waals surface area contributed by atoms with E-state index < -0.39 is 17.7 Å². The standard InChI is InChI=1S/C20H25N3O6/c1-4-27-17-10-14(7-8-16(17)29-12-13(2)3)18(24)22-23-20(26)19(25)21-11-15-6-5-9-28-15/h5-10,13H,4,11-12H2,1-3H3,(H,21,25)(H,22,24)(H,23,26). The molecular formula is C20H25N3O6. The van der Waals surface area contributed by atoms with Crippen molar-refractivity contribution in [2.75, 3.05) is 13.2 Å². The molecule has 0 aliphatic rings. The van der Waals surface area contributed by atoms with E-state index in [1.54, 1.807) is 18.2 Å². The molecule has 156 valence electrons. The summed E-state index contributed by atoms with van der Waals surface area (Å²) in [5.74, 6) is -0.740. The van der Waals surface area contributed by atoms with E-state index in [-0.39, 0.29) is 12.1 Å². The summed E-state index contributed by atoms with van der Waals surface area (Å²) in [6.45, 7) is 6.83. The van der Waals surface area contributed by atoms with Crippen LogP contribution in [0.25, 0.3) is 0 Å². The summed E-state index contributed by atoms with van der Waals surface area (Å²) < 4.78 is 16.3. The number of benzene rings is 1. The van der Waals surface area contributed by atoms with Crippen LogP contribution in [0.2, 0.25) is 0 Å². The maximum atomic E-state index is 12.3. The van der Waals surface area contributed by atoms with Crippen LogP contribution in [0.5, 0.6) is 11.5 Å². The van der Waals surface area contributed by atoms with E-state index in [0.29, 0.717) is 36.4 Å². The number of nitrogens with one attached hydrogen (secondary N) is 3. The summed E-state index contributed by atoms with van der Waals surface area (Å²) in [5.41, 5.74) is 4.49. The molecule has 0 atom stereocenters. The quantitative estimate of drug-likeness (QED) is 0.457. The number of ether oxygens (including phenoxy) is 2. The van der Waals surface area contributed by atoms with Gasteiger partial charge >= 0.3 is 11.8 Å². The van der Waals surface area contributed by atoms with Gasteiger partial charge in [0.25, 0.3) is 5.91 Å². The number of carbonyl (C=O) groups is 3. The van der Waals surface area contributed by atoms with Gasteiger partial charge in [-0.15, -0.1) is 0 Å². The predicted octanol–water partition coefficient (Wildman–Crippen LogP) is 1.79. The number of carbonyl (C=O) groups excluding carboxylic acids is 3. The van der Waals surface area contributed by atoms with Gasteiger partial charge in [0.2, 0.25) is 0 Å². The van der Waals surface area contributed by atoms with E-state index in [9.17, 15) is 14.4 Å². The Morgan fingerprint density at radius 1 is 1.03 bits per heavy atom. The number of hydrazine groups is 1. The summed E-state index contributed by atoms with van der Waals surface area (Å²) in [5, 5.41) is 2.37. The van der Waals surface area contributed by atoms with Crippen LogP contribution < -0.4 is 25.6 Å². The van der Waals surface area contributed by atoms with Crippen molar-refractivity contribution < 1.29 is 28.3 Å². The molecule has 29 heavy (non-hydrogen) atoms. The smallest absolute Gasteiger partial charge is 0.327 e. The Morgan fingerprint density at radius 2 is 1.83 bits per heavy atom. The Labute approximate surface area is 168 Å². The van der Waals surface area contributed by atoms with Crippen molar-refractivity contribution in [1.82, 2.24) is 16.2 Å². The largest absolute Gasteiger partial charge is 0.490 e. The van der Waals surface area contributed by atoms with Gasteiger partial charge in [-0.25, -0.2) is 0 Å². The second-order valence-corrected chi connectivity index (χ2v) is 6.47. The molecule has 0 spiro atoms. The minimum Gasteiger partial charge on any atom is -0.490 e. The highest BCUT2D eigenvalue weighted by molar-refractivity contribution is 6.35. The molecule has 1 aromatic carbocycles. The monoisotopic (exact) mass is 403 g/mol. The minimum atomic E-state index is -1.01. The average molecular weight is 403 g/mol. The van der Waals surface area contributed by atoms with Crippen molar-refractivity contribution in [1.29, 1.82) is 0 Å². The molecule has 3 amide bonds. The van der Waals surface area contributed by atoms with E-state index in [0.717, 1.165) is 0 Å². The third-order valence-electron chi connectivity index (χ3n) is 3.58. The Hall–Kier alpha value is -3.49. The van der Waals surface area contributed by atoms with E-state index in [2.05, 4.69) is 16.2 Å². The van der Waals surface area contributed by atoms with Crippen molar-refractivity contribution in [3.05, 3.63) is 47.9 Å². The third kappa shape index (κ3) is 6.87. The van der Waals surface area contributed by atoms with Crippen molar-refractivity contribution in [3.63, 3.8) is 0 Å². The van der Waals surface area contributed by atoms with Crippen LogP contribution in [0.15, 0.2) is 41.0 Å². The normalized spacial score (nSPS) is 10.3. The molecule has 3 N–H and O–H groups in total. The van der Waals surface area contributed by atoms with Gasteiger partial charge in [0.1, 0.15) is 5.76 Å². The van der Waals surface area contributed by atoms with Gasteiger partial charge in [-0.05, 0) is 43.2 Å². The molecule has 0 aliphatic heterocycles. The van der Waals surface area contributed by atoms with E-state index in [1.165, 1.54) is 18.4 Å². The van der Waals surface area contributed by atoms with Gasteiger partial charge in [0.05, 0.1) is 26.0 Å². The summed E-state index contributed by atoms with van der Waals surface area (Å²) in [6.07, 6.45) is 1.46. The topological polar surface area (TPSA) is 119 Å². The fourth-order valence-corrected chi connectivity index (χ4v) is 2.20. The van der Waals surface area contributed by atoms with Crippen LogP contribution in [-0.2, 0) is 16.1 Å². The van der Waals surface area contributed by atoms with Crippen molar-refractivity contribution >= 4 is 17.7 Å². The fourth-order valence-electron chi connectivity index (χ4n) is 2.20. The lowest BCUT2D eigenvalue weighted by Gasteiger charge is -2.14. The van der Waals surface area contributed by atoms with Crippen LogP contribution in [0.4, 0.5) is 0 Å². The summed E-state index contributed by atoms with van der Waals surface area (Å²) in [6, 6.07) is 8.00. The lowest BCUT2D eigenvalue weighted by molar-refractivity contribution is -0.139. The van der Waals surface area contributed by atoms with Crippen LogP contribution in [0, 0.1) is 5.92 Å². The zero-order valence-corrected chi connectivity index (χ0v) is 16.6. The third-order valence-corrected chi connectivity index (χ3v) is 3.58. The van der Waals surface area contributed by atoms with Gasteiger partial charge in [-0.3, -0.25) is 25.2 Å². The van der Waals surface area contributed by atoms with E-state index in [1.807, 2.05) is 20.8 Å². The molecule has 0 aliphatic carbocycles. The zero-order valence-electron chi connectivity index (χ0n) is 16.6. The number of rotatable bonds is 8. The predicted molar refractivity (Wildman–Crippen MR) is 104 cm³/mol. The first-order valence-electron chi connectivity index (χ1n) is 9.21. The molecule has 0 saturated heterocycles. The van der Waals surface area contributed by atoms with E-state index >= 15 is 0 Å². The van der Waals surface area contributed by atoms with Gasteiger partial charge in [-0.2, -0.15) is 0 Å². The molecule has 0 fully saturated rings. The van der Waals surface area contributed by atoms with Crippen molar-refractivity contribution in [2.45, 2.75) is 27.3 Å². The lowest BCUT2D eigenvalue weighted by Crippen LogP contribution is -2.48. The molecule has 2 rings (SSSR count). The Bertz CT molecular complexity index is 833. The first-order valence-corrected chi connectivity index (χ1v) is 9.21. The van der Waals surface area contributed by atoms with Crippen LogP contribution >= 0.6 is 0 Å². The second kappa shape index (κ2) is 10.7. The summed E-state index contributed by atoms with van der Waals surface area (Å²) in [4.78, 5) is 35.8. The molecule has 1 aromatic heterocycles. The van der Waals surface area contributed by atoms with Gasteiger partial charge < -0.3 is 19.2 Å². The highest BCUT2D eigenvalue weighted by Gasteiger charge is 2.16. The molecule has 0 unspecified atom stereocenters. The number of hydrogen-bond donors (Lipinski definition) is 3. The SMILES string of the molecule is CCOc1cc(C(=O)NNC(=O)C(=O)NCc2ccco2)ccc1OCC(C)C. The number of hydrogen-bond acceptors (Lipinski definition) is 6. The Kier molecular flexibility index (Phi) is 8.08. The second-order valence-electron chi connectivity index (χ2n) is 6.47. The minimum absolute atomic E-state index is 0.0583. The molecule has 2 aromatic rings. The van der Waals surface area contributed by atoms with Crippen LogP contribution in [0.3, 0.4) is 0 Å². The van der Waals surface area contributed by atoms with Crippen LogP contribution in [0.1, 0.15) is 36.9 Å². The molecular weight excluding hydrogens is 378 g/mol. The van der Waals surface area contributed by atoms with Crippen LogP contribution in [-0.4, -0.2) is 30.9 Å². The molecule has 9 heteroatoms. The molecule has 0 radical (unpaired) electrons. The average Bonchev–Trinajstić information content (AvgIpc) is 3.22. The molecule has 0 saturated carbocycles. The lowest BCUT2D eigenvalue weighted by atomic mass is 10.2. The Morgan fingerprint density at radius 3 is 2.48 bits per heavy atom.